The van der Waals surface area contributed by atoms with E-state index in [2.05, 4.69) is 64.8 Å². The maximum absolute atomic E-state index is 6.49. The minimum atomic E-state index is -1.63. The average molecular weight is 320 g/mol. The van der Waals surface area contributed by atoms with E-state index in [4.69, 9.17) is 4.43 Å². The quantitative estimate of drug-likeness (QED) is 0.641. The third-order valence-electron chi connectivity index (χ3n) is 5.52. The molecule has 0 bridgehead atoms. The summed E-state index contributed by atoms with van der Waals surface area (Å²) in [6, 6.07) is 4.47. The fourth-order valence-electron chi connectivity index (χ4n) is 2.45. The van der Waals surface area contributed by atoms with Crippen LogP contribution in [0.3, 0.4) is 0 Å². The molecule has 1 saturated carbocycles. The van der Waals surface area contributed by atoms with Gasteiger partial charge in [-0.2, -0.15) is 0 Å². The van der Waals surface area contributed by atoms with Gasteiger partial charge in [0.25, 0.3) is 0 Å². The minimum absolute atomic E-state index is 0.296. The van der Waals surface area contributed by atoms with Crippen molar-refractivity contribution in [1.29, 1.82) is 0 Å². The molecule has 2 rings (SSSR count). The van der Waals surface area contributed by atoms with Gasteiger partial charge in [0.05, 0.1) is 0 Å². The highest BCUT2D eigenvalue weighted by Gasteiger charge is 2.46. The van der Waals surface area contributed by atoms with Crippen molar-refractivity contribution >= 4 is 8.32 Å². The van der Waals surface area contributed by atoms with Crippen LogP contribution >= 0.6 is 0 Å². The first kappa shape index (κ1) is 17.7. The molecule has 0 aromatic carbocycles. The fourth-order valence-corrected chi connectivity index (χ4v) is 3.55. The van der Waals surface area contributed by atoms with E-state index in [-0.39, 0.29) is 0 Å². The SMILES string of the molecule is CC(C)c1cc(CC2(CO[Si](C)(C)C(C)(C)C)CC2)ccn1. The molecular weight excluding hydrogens is 286 g/mol. The van der Waals surface area contributed by atoms with Crippen LogP contribution in [0.1, 0.15) is 64.6 Å². The Morgan fingerprint density at radius 2 is 1.91 bits per heavy atom. The van der Waals surface area contributed by atoms with Crippen molar-refractivity contribution in [2.45, 2.75) is 77.9 Å². The molecule has 3 heteroatoms. The van der Waals surface area contributed by atoms with Crippen LogP contribution in [-0.4, -0.2) is 19.9 Å². The summed E-state index contributed by atoms with van der Waals surface area (Å²) in [7, 11) is -1.63. The lowest BCUT2D eigenvalue weighted by molar-refractivity contribution is 0.213. The molecule has 1 aliphatic carbocycles. The predicted molar refractivity (Wildman–Crippen MR) is 96.8 cm³/mol. The summed E-state index contributed by atoms with van der Waals surface area (Å²) in [6.45, 7) is 17.0. The van der Waals surface area contributed by atoms with Gasteiger partial charge in [0, 0.05) is 18.5 Å². The number of hydrogen-bond acceptors (Lipinski definition) is 2. The molecular formula is C19H33NOSi. The molecule has 0 radical (unpaired) electrons. The van der Waals surface area contributed by atoms with Crippen molar-refractivity contribution in [2.75, 3.05) is 6.61 Å². The normalized spacial score (nSPS) is 17.8. The Balaban J connectivity index is 2.00. The number of pyridine rings is 1. The second kappa shape index (κ2) is 6.08. The summed E-state index contributed by atoms with van der Waals surface area (Å²) in [5, 5.41) is 0.296. The first-order valence-electron chi connectivity index (χ1n) is 8.64. The Hall–Kier alpha value is -0.673. The molecule has 0 atom stereocenters. The van der Waals surface area contributed by atoms with Gasteiger partial charge in [0.15, 0.2) is 8.32 Å². The fraction of sp³-hybridized carbons (Fsp3) is 0.737. The number of aromatic nitrogens is 1. The van der Waals surface area contributed by atoms with Gasteiger partial charge >= 0.3 is 0 Å². The van der Waals surface area contributed by atoms with Gasteiger partial charge in [0.2, 0.25) is 0 Å². The van der Waals surface area contributed by atoms with Crippen molar-refractivity contribution < 1.29 is 4.43 Å². The lowest BCUT2D eigenvalue weighted by Crippen LogP contribution is -2.42. The van der Waals surface area contributed by atoms with E-state index >= 15 is 0 Å². The molecule has 1 aromatic heterocycles. The molecule has 0 spiro atoms. The first-order chi connectivity index (χ1) is 10.0. The van der Waals surface area contributed by atoms with Crippen LogP contribution in [0.4, 0.5) is 0 Å². The molecule has 1 aliphatic rings. The van der Waals surface area contributed by atoms with Crippen LogP contribution in [0.5, 0.6) is 0 Å². The lowest BCUT2D eigenvalue weighted by Gasteiger charge is -2.37. The molecule has 0 unspecified atom stereocenters. The number of nitrogens with zero attached hydrogens (tertiary/aromatic N) is 1. The molecule has 1 heterocycles. The minimum Gasteiger partial charge on any atom is -0.416 e. The maximum Gasteiger partial charge on any atom is 0.192 e. The topological polar surface area (TPSA) is 22.1 Å². The lowest BCUT2D eigenvalue weighted by atomic mass is 9.96. The van der Waals surface area contributed by atoms with Gasteiger partial charge in [0.1, 0.15) is 0 Å². The highest BCUT2D eigenvalue weighted by Crippen LogP contribution is 2.50. The van der Waals surface area contributed by atoms with Gasteiger partial charge in [-0.05, 0) is 66.4 Å². The van der Waals surface area contributed by atoms with E-state index in [1.54, 1.807) is 0 Å². The second-order valence-electron chi connectivity index (χ2n) is 8.97. The predicted octanol–water partition coefficient (Wildman–Crippen LogP) is 5.55. The zero-order valence-corrected chi connectivity index (χ0v) is 16.5. The van der Waals surface area contributed by atoms with Crippen LogP contribution in [-0.2, 0) is 10.8 Å². The largest absolute Gasteiger partial charge is 0.416 e. The highest BCUT2D eigenvalue weighted by molar-refractivity contribution is 6.74. The zero-order chi connectivity index (χ0) is 16.6. The van der Waals surface area contributed by atoms with Crippen molar-refractivity contribution in [3.63, 3.8) is 0 Å². The van der Waals surface area contributed by atoms with Crippen LogP contribution in [0.2, 0.25) is 18.1 Å². The molecule has 0 N–H and O–H groups in total. The summed E-state index contributed by atoms with van der Waals surface area (Å²) in [6.07, 6.45) is 5.72. The molecule has 22 heavy (non-hydrogen) atoms. The van der Waals surface area contributed by atoms with Crippen LogP contribution in [0.15, 0.2) is 18.3 Å². The Bertz CT molecular complexity index is 512. The molecule has 1 fully saturated rings. The average Bonchev–Trinajstić information content (AvgIpc) is 3.16. The monoisotopic (exact) mass is 319 g/mol. The summed E-state index contributed by atoms with van der Waals surface area (Å²) in [4.78, 5) is 4.48. The van der Waals surface area contributed by atoms with E-state index in [0.29, 0.717) is 16.4 Å². The van der Waals surface area contributed by atoms with Crippen LogP contribution in [0.25, 0.3) is 0 Å². The molecule has 0 amide bonds. The summed E-state index contributed by atoms with van der Waals surface area (Å²) < 4.78 is 6.49. The summed E-state index contributed by atoms with van der Waals surface area (Å²) in [5.74, 6) is 0.499. The van der Waals surface area contributed by atoms with Crippen molar-refractivity contribution in [1.82, 2.24) is 4.98 Å². The second-order valence-corrected chi connectivity index (χ2v) is 13.8. The summed E-state index contributed by atoms with van der Waals surface area (Å²) >= 11 is 0. The van der Waals surface area contributed by atoms with E-state index in [9.17, 15) is 0 Å². The van der Waals surface area contributed by atoms with E-state index in [1.807, 2.05) is 6.20 Å². The van der Waals surface area contributed by atoms with Gasteiger partial charge < -0.3 is 4.43 Å². The highest BCUT2D eigenvalue weighted by atomic mass is 28.4. The smallest absolute Gasteiger partial charge is 0.192 e. The van der Waals surface area contributed by atoms with E-state index in [1.165, 1.54) is 24.1 Å². The van der Waals surface area contributed by atoms with Gasteiger partial charge in [-0.25, -0.2) is 0 Å². The number of rotatable bonds is 6. The van der Waals surface area contributed by atoms with E-state index < -0.39 is 8.32 Å². The van der Waals surface area contributed by atoms with Crippen molar-refractivity contribution in [3.8, 4) is 0 Å². The first-order valence-corrected chi connectivity index (χ1v) is 11.5. The van der Waals surface area contributed by atoms with Gasteiger partial charge in [-0.1, -0.05) is 34.6 Å². The Morgan fingerprint density at radius 1 is 1.27 bits per heavy atom. The standard InChI is InChI=1S/C19H33NOSi/c1-15(2)17-12-16(8-11-20-17)13-19(9-10-19)14-21-22(6,7)18(3,4)5/h8,11-12,15H,9-10,13-14H2,1-7H3. The van der Waals surface area contributed by atoms with Gasteiger partial charge in [-0.15, -0.1) is 0 Å². The Morgan fingerprint density at radius 3 is 2.41 bits per heavy atom. The molecule has 0 aliphatic heterocycles. The van der Waals surface area contributed by atoms with Gasteiger partial charge in [-0.3, -0.25) is 4.98 Å². The number of hydrogen-bond donors (Lipinski definition) is 0. The van der Waals surface area contributed by atoms with Crippen molar-refractivity contribution in [2.24, 2.45) is 5.41 Å². The summed E-state index contributed by atoms with van der Waals surface area (Å²) in [5.41, 5.74) is 3.03. The van der Waals surface area contributed by atoms with Crippen LogP contribution in [0, 0.1) is 5.41 Å². The zero-order valence-electron chi connectivity index (χ0n) is 15.5. The third kappa shape index (κ3) is 4.20. The molecule has 2 nitrogen and oxygen atoms in total. The molecule has 1 aromatic rings. The molecule has 124 valence electrons. The Labute approximate surface area is 137 Å². The Kier molecular flexibility index (Phi) is 4.89. The van der Waals surface area contributed by atoms with Crippen LogP contribution < -0.4 is 0 Å². The molecule has 0 saturated heterocycles. The maximum atomic E-state index is 6.49. The van der Waals surface area contributed by atoms with Crippen molar-refractivity contribution in [3.05, 3.63) is 29.6 Å². The van der Waals surface area contributed by atoms with E-state index in [0.717, 1.165) is 13.0 Å². The third-order valence-corrected chi connectivity index (χ3v) is 10.00.